The molecule has 0 aromatic rings. The fourth-order valence-corrected chi connectivity index (χ4v) is 4.27. The second-order valence-electron chi connectivity index (χ2n) is 6.12. The molecule has 0 aromatic carbocycles. The molecule has 1 aliphatic heterocycles. The van der Waals surface area contributed by atoms with E-state index < -0.39 is 12.0 Å². The minimum Gasteiger partial charge on any atom is -0.480 e. The summed E-state index contributed by atoms with van der Waals surface area (Å²) in [5, 5.41) is 12.4. The van der Waals surface area contributed by atoms with Crippen LogP contribution in [0.15, 0.2) is 0 Å². The Morgan fingerprint density at radius 1 is 1.38 bits per heavy atom. The number of rotatable bonds is 5. The van der Waals surface area contributed by atoms with Crippen molar-refractivity contribution in [1.82, 2.24) is 10.2 Å². The van der Waals surface area contributed by atoms with Crippen molar-refractivity contribution in [2.75, 3.05) is 11.5 Å². The van der Waals surface area contributed by atoms with Gasteiger partial charge in [-0.2, -0.15) is 11.8 Å². The largest absolute Gasteiger partial charge is 0.480 e. The lowest BCUT2D eigenvalue weighted by Crippen LogP contribution is -2.52. The molecule has 6 heteroatoms. The van der Waals surface area contributed by atoms with Gasteiger partial charge in [-0.25, -0.2) is 9.59 Å². The van der Waals surface area contributed by atoms with Gasteiger partial charge in [0.15, 0.2) is 0 Å². The van der Waals surface area contributed by atoms with Gasteiger partial charge in [-0.05, 0) is 37.9 Å². The molecule has 2 fully saturated rings. The average Bonchev–Trinajstić information content (AvgIpc) is 2.84. The molecule has 21 heavy (non-hydrogen) atoms. The zero-order valence-electron chi connectivity index (χ0n) is 12.9. The lowest BCUT2D eigenvalue weighted by molar-refractivity contribution is -0.141. The molecule has 5 nitrogen and oxygen atoms in total. The predicted molar refractivity (Wildman–Crippen MR) is 84.6 cm³/mol. The summed E-state index contributed by atoms with van der Waals surface area (Å²) >= 11 is 1.78. The smallest absolute Gasteiger partial charge is 0.326 e. The van der Waals surface area contributed by atoms with Gasteiger partial charge in [0.25, 0.3) is 0 Å². The van der Waals surface area contributed by atoms with Gasteiger partial charge in [0, 0.05) is 17.8 Å². The summed E-state index contributed by atoms with van der Waals surface area (Å²) in [5.74, 6) is 1.38. The van der Waals surface area contributed by atoms with Crippen molar-refractivity contribution >= 4 is 23.8 Å². The average molecular weight is 314 g/mol. The molecule has 1 aliphatic carbocycles. The number of carboxylic acid groups (broad SMARTS) is 1. The van der Waals surface area contributed by atoms with Crippen molar-refractivity contribution in [3.63, 3.8) is 0 Å². The number of likely N-dealkylation sites (tertiary alicyclic amines) is 1. The number of carbonyl (C=O) groups is 2. The molecule has 1 saturated heterocycles. The molecule has 0 aromatic heterocycles. The molecule has 120 valence electrons. The zero-order chi connectivity index (χ0) is 15.4. The third-order valence-electron chi connectivity index (χ3n) is 4.55. The van der Waals surface area contributed by atoms with Crippen LogP contribution in [0.5, 0.6) is 0 Å². The highest BCUT2D eigenvalue weighted by atomic mass is 32.2. The van der Waals surface area contributed by atoms with Gasteiger partial charge < -0.3 is 15.3 Å². The van der Waals surface area contributed by atoms with E-state index in [-0.39, 0.29) is 18.1 Å². The summed E-state index contributed by atoms with van der Waals surface area (Å²) in [6.07, 6.45) is 4.87. The topological polar surface area (TPSA) is 69.6 Å². The molecule has 4 unspecified atom stereocenters. The number of nitrogens with zero attached hydrogens (tertiary/aromatic N) is 1. The first kappa shape index (κ1) is 16.5. The van der Waals surface area contributed by atoms with Gasteiger partial charge in [0.1, 0.15) is 6.04 Å². The van der Waals surface area contributed by atoms with Crippen molar-refractivity contribution < 1.29 is 14.7 Å². The van der Waals surface area contributed by atoms with Crippen LogP contribution in [-0.4, -0.2) is 51.6 Å². The lowest BCUT2D eigenvalue weighted by Gasteiger charge is -2.33. The summed E-state index contributed by atoms with van der Waals surface area (Å²) in [6, 6.07) is -0.657. The van der Waals surface area contributed by atoms with E-state index in [4.69, 9.17) is 0 Å². The van der Waals surface area contributed by atoms with Crippen LogP contribution >= 0.6 is 11.8 Å². The Labute approximate surface area is 130 Å². The van der Waals surface area contributed by atoms with Gasteiger partial charge in [-0.1, -0.05) is 19.8 Å². The van der Waals surface area contributed by atoms with E-state index in [1.165, 1.54) is 0 Å². The molecule has 0 radical (unpaired) electrons. The zero-order valence-corrected chi connectivity index (χ0v) is 13.7. The normalized spacial score (nSPS) is 29.8. The Morgan fingerprint density at radius 2 is 2.10 bits per heavy atom. The second kappa shape index (κ2) is 7.38. The van der Waals surface area contributed by atoms with Crippen LogP contribution in [0.25, 0.3) is 0 Å². The Kier molecular flexibility index (Phi) is 5.79. The number of hydrogen-bond acceptors (Lipinski definition) is 3. The van der Waals surface area contributed by atoms with Crippen LogP contribution in [0.4, 0.5) is 4.79 Å². The SMILES string of the molecule is CCSCC(C)NC(=O)N1C(C(=O)O)CC2CCCCC21. The molecule has 1 heterocycles. The standard InChI is InChI=1S/C15H26N2O3S/c1-3-21-9-10(2)16-15(20)17-12-7-5-4-6-11(12)8-13(17)14(18)19/h10-13H,3-9H2,1-2H3,(H,16,20)(H,18,19). The Hall–Kier alpha value is -0.910. The Bertz CT molecular complexity index is 391. The molecule has 0 spiro atoms. The summed E-state index contributed by atoms with van der Waals surface area (Å²) < 4.78 is 0. The highest BCUT2D eigenvalue weighted by Crippen LogP contribution is 2.39. The third-order valence-corrected chi connectivity index (χ3v) is 5.69. The third kappa shape index (κ3) is 3.84. The fourth-order valence-electron chi connectivity index (χ4n) is 3.59. The maximum atomic E-state index is 12.5. The molecule has 1 saturated carbocycles. The predicted octanol–water partition coefficient (Wildman–Crippen LogP) is 2.56. The fraction of sp³-hybridized carbons (Fsp3) is 0.867. The van der Waals surface area contributed by atoms with E-state index in [1.807, 2.05) is 6.92 Å². The van der Waals surface area contributed by atoms with E-state index >= 15 is 0 Å². The van der Waals surface area contributed by atoms with Crippen LogP contribution in [0.3, 0.4) is 0 Å². The van der Waals surface area contributed by atoms with Crippen LogP contribution in [0.2, 0.25) is 0 Å². The van der Waals surface area contributed by atoms with E-state index in [0.29, 0.717) is 12.3 Å². The summed E-state index contributed by atoms with van der Waals surface area (Å²) in [4.78, 5) is 25.6. The molecule has 0 bridgehead atoms. The highest BCUT2D eigenvalue weighted by Gasteiger charge is 2.47. The highest BCUT2D eigenvalue weighted by molar-refractivity contribution is 7.99. The van der Waals surface area contributed by atoms with Crippen molar-refractivity contribution in [2.24, 2.45) is 5.92 Å². The van der Waals surface area contributed by atoms with Gasteiger partial charge in [0.2, 0.25) is 0 Å². The number of urea groups is 1. The van der Waals surface area contributed by atoms with Gasteiger partial charge >= 0.3 is 12.0 Å². The summed E-state index contributed by atoms with van der Waals surface area (Å²) in [5.41, 5.74) is 0. The quantitative estimate of drug-likeness (QED) is 0.818. The molecule has 4 atom stereocenters. The first-order valence-electron chi connectivity index (χ1n) is 7.94. The number of carbonyl (C=O) groups excluding carboxylic acids is 1. The molecule has 2 aliphatic rings. The second-order valence-corrected chi connectivity index (χ2v) is 7.44. The number of nitrogens with one attached hydrogen (secondary N) is 1. The monoisotopic (exact) mass is 314 g/mol. The van der Waals surface area contributed by atoms with Gasteiger partial charge in [0.05, 0.1) is 0 Å². The van der Waals surface area contributed by atoms with Crippen molar-refractivity contribution in [3.8, 4) is 0 Å². The first-order valence-corrected chi connectivity index (χ1v) is 9.09. The van der Waals surface area contributed by atoms with Crippen LogP contribution in [-0.2, 0) is 4.79 Å². The lowest BCUT2D eigenvalue weighted by atomic mass is 9.85. The molecular weight excluding hydrogens is 288 g/mol. The van der Waals surface area contributed by atoms with E-state index in [0.717, 1.165) is 37.2 Å². The van der Waals surface area contributed by atoms with Gasteiger partial charge in [-0.3, -0.25) is 0 Å². The van der Waals surface area contributed by atoms with Crippen LogP contribution < -0.4 is 5.32 Å². The van der Waals surface area contributed by atoms with Crippen molar-refractivity contribution in [2.45, 2.75) is 64.1 Å². The number of aliphatic carboxylic acids is 1. The number of thioether (sulfide) groups is 1. The summed E-state index contributed by atoms with van der Waals surface area (Å²) in [7, 11) is 0. The first-order chi connectivity index (χ1) is 10.0. The molecular formula is C15H26N2O3S. The maximum Gasteiger partial charge on any atom is 0.326 e. The Morgan fingerprint density at radius 3 is 2.76 bits per heavy atom. The minimum absolute atomic E-state index is 0.0690. The van der Waals surface area contributed by atoms with E-state index in [1.54, 1.807) is 16.7 Å². The molecule has 2 rings (SSSR count). The maximum absolute atomic E-state index is 12.5. The van der Waals surface area contributed by atoms with E-state index in [2.05, 4.69) is 12.2 Å². The number of fused-ring (bicyclic) bond motifs is 1. The van der Waals surface area contributed by atoms with Crippen LogP contribution in [0.1, 0.15) is 46.0 Å². The molecule has 2 N–H and O–H groups in total. The van der Waals surface area contributed by atoms with Crippen molar-refractivity contribution in [1.29, 1.82) is 0 Å². The summed E-state index contributed by atoms with van der Waals surface area (Å²) in [6.45, 7) is 4.07. The number of amides is 2. The minimum atomic E-state index is -0.866. The molecule has 2 amide bonds. The van der Waals surface area contributed by atoms with Crippen molar-refractivity contribution in [3.05, 3.63) is 0 Å². The van der Waals surface area contributed by atoms with E-state index in [9.17, 15) is 14.7 Å². The Balaban J connectivity index is 2.02. The van der Waals surface area contributed by atoms with Gasteiger partial charge in [-0.15, -0.1) is 0 Å². The number of hydrogen-bond donors (Lipinski definition) is 2. The van der Waals surface area contributed by atoms with Crippen LogP contribution in [0, 0.1) is 5.92 Å². The number of carboxylic acids is 1.